The van der Waals surface area contributed by atoms with E-state index >= 15 is 0 Å². The maximum Gasteiger partial charge on any atom is 0.218 e. The zero-order chi connectivity index (χ0) is 15.4. The molecule has 0 spiro atoms. The number of fused-ring (bicyclic) bond motifs is 1. The van der Waals surface area contributed by atoms with Crippen LogP contribution in [0.15, 0.2) is 36.5 Å². The van der Waals surface area contributed by atoms with Gasteiger partial charge in [0.1, 0.15) is 11.6 Å². The first kappa shape index (κ1) is 14.4. The van der Waals surface area contributed by atoms with E-state index in [1.807, 2.05) is 26.0 Å². The number of ether oxygens (including phenoxy) is 1. The number of anilines is 1. The largest absolute Gasteiger partial charge is 0.478 e. The van der Waals surface area contributed by atoms with Crippen molar-refractivity contribution < 1.29 is 4.74 Å². The SMILES string of the molecule is CCOc1cc(NCCc2c[nH]c3ccccc23)nc(C)n1. The molecule has 5 nitrogen and oxygen atoms in total. The zero-order valence-corrected chi connectivity index (χ0v) is 12.9. The number of hydrogen-bond acceptors (Lipinski definition) is 4. The fraction of sp³-hybridized carbons (Fsp3) is 0.294. The Hall–Kier alpha value is -2.56. The topological polar surface area (TPSA) is 62.8 Å². The molecule has 0 bridgehead atoms. The van der Waals surface area contributed by atoms with Crippen LogP contribution in [0.25, 0.3) is 10.9 Å². The van der Waals surface area contributed by atoms with Crippen LogP contribution in [0.2, 0.25) is 0 Å². The summed E-state index contributed by atoms with van der Waals surface area (Å²) in [6, 6.07) is 10.2. The lowest BCUT2D eigenvalue weighted by atomic mass is 10.1. The minimum atomic E-state index is 0.602. The summed E-state index contributed by atoms with van der Waals surface area (Å²) in [4.78, 5) is 11.9. The van der Waals surface area contributed by atoms with Crippen LogP contribution in [-0.2, 0) is 6.42 Å². The summed E-state index contributed by atoms with van der Waals surface area (Å²) in [7, 11) is 0. The fourth-order valence-corrected chi connectivity index (χ4v) is 2.52. The molecule has 0 aliphatic heterocycles. The molecule has 2 aromatic heterocycles. The summed E-state index contributed by atoms with van der Waals surface area (Å²) in [5.74, 6) is 2.13. The summed E-state index contributed by atoms with van der Waals surface area (Å²) in [5.41, 5.74) is 2.48. The maximum absolute atomic E-state index is 5.44. The van der Waals surface area contributed by atoms with E-state index in [-0.39, 0.29) is 0 Å². The Kier molecular flexibility index (Phi) is 4.23. The summed E-state index contributed by atoms with van der Waals surface area (Å²) < 4.78 is 5.44. The predicted molar refractivity (Wildman–Crippen MR) is 88.4 cm³/mol. The lowest BCUT2D eigenvalue weighted by Gasteiger charge is -2.08. The van der Waals surface area contributed by atoms with E-state index in [0.29, 0.717) is 18.3 Å². The second kappa shape index (κ2) is 6.47. The third-order valence-corrected chi connectivity index (χ3v) is 3.48. The quantitative estimate of drug-likeness (QED) is 0.732. The molecule has 0 aliphatic carbocycles. The average Bonchev–Trinajstić information content (AvgIpc) is 2.91. The van der Waals surface area contributed by atoms with Crippen molar-refractivity contribution in [3.8, 4) is 5.88 Å². The van der Waals surface area contributed by atoms with E-state index in [1.54, 1.807) is 0 Å². The van der Waals surface area contributed by atoms with Crippen molar-refractivity contribution in [3.05, 3.63) is 47.9 Å². The number of hydrogen-bond donors (Lipinski definition) is 2. The number of H-pyrrole nitrogens is 1. The lowest BCUT2D eigenvalue weighted by molar-refractivity contribution is 0.325. The monoisotopic (exact) mass is 296 g/mol. The standard InChI is InChI=1S/C17H20N4O/c1-3-22-17-10-16(20-12(2)21-17)18-9-8-13-11-19-15-7-5-4-6-14(13)15/h4-7,10-11,19H,3,8-9H2,1-2H3,(H,18,20,21). The molecule has 0 saturated heterocycles. The lowest BCUT2D eigenvalue weighted by Crippen LogP contribution is -2.08. The molecule has 3 aromatic rings. The van der Waals surface area contributed by atoms with Crippen LogP contribution >= 0.6 is 0 Å². The number of rotatable bonds is 6. The highest BCUT2D eigenvalue weighted by molar-refractivity contribution is 5.83. The van der Waals surface area contributed by atoms with Gasteiger partial charge in [0.05, 0.1) is 6.61 Å². The second-order valence-corrected chi connectivity index (χ2v) is 5.11. The number of para-hydroxylation sites is 1. The van der Waals surface area contributed by atoms with Crippen LogP contribution in [0, 0.1) is 6.92 Å². The second-order valence-electron chi connectivity index (χ2n) is 5.11. The molecule has 0 unspecified atom stereocenters. The number of nitrogens with zero attached hydrogens (tertiary/aromatic N) is 2. The fourth-order valence-electron chi connectivity index (χ4n) is 2.52. The molecule has 0 fully saturated rings. The highest BCUT2D eigenvalue weighted by Crippen LogP contribution is 2.18. The summed E-state index contributed by atoms with van der Waals surface area (Å²) in [6.45, 7) is 5.23. The predicted octanol–water partition coefficient (Wildman–Crippen LogP) is 3.32. The van der Waals surface area contributed by atoms with Crippen molar-refractivity contribution >= 4 is 16.7 Å². The van der Waals surface area contributed by atoms with Crippen molar-refractivity contribution in [2.45, 2.75) is 20.3 Å². The highest BCUT2D eigenvalue weighted by atomic mass is 16.5. The zero-order valence-electron chi connectivity index (χ0n) is 12.9. The van der Waals surface area contributed by atoms with Gasteiger partial charge in [0.15, 0.2) is 0 Å². The molecule has 0 aliphatic rings. The van der Waals surface area contributed by atoms with Crippen LogP contribution in [0.4, 0.5) is 5.82 Å². The molecule has 3 rings (SSSR count). The number of aromatic amines is 1. The molecular weight excluding hydrogens is 276 g/mol. The van der Waals surface area contributed by atoms with Gasteiger partial charge in [0.2, 0.25) is 5.88 Å². The van der Waals surface area contributed by atoms with Gasteiger partial charge in [-0.3, -0.25) is 0 Å². The van der Waals surface area contributed by atoms with Gasteiger partial charge in [0, 0.05) is 29.7 Å². The average molecular weight is 296 g/mol. The number of benzene rings is 1. The van der Waals surface area contributed by atoms with E-state index in [1.165, 1.54) is 16.5 Å². The Morgan fingerprint density at radius 3 is 2.95 bits per heavy atom. The molecule has 22 heavy (non-hydrogen) atoms. The Balaban J connectivity index is 1.65. The third-order valence-electron chi connectivity index (χ3n) is 3.48. The summed E-state index contributed by atoms with van der Waals surface area (Å²) >= 11 is 0. The molecule has 2 heterocycles. The van der Waals surface area contributed by atoms with Gasteiger partial charge in [-0.25, -0.2) is 4.98 Å². The Morgan fingerprint density at radius 1 is 1.23 bits per heavy atom. The highest BCUT2D eigenvalue weighted by Gasteiger charge is 2.05. The Labute approximate surface area is 129 Å². The van der Waals surface area contributed by atoms with E-state index in [4.69, 9.17) is 4.74 Å². The van der Waals surface area contributed by atoms with Gasteiger partial charge in [-0.2, -0.15) is 4.98 Å². The van der Waals surface area contributed by atoms with Gasteiger partial charge in [-0.1, -0.05) is 18.2 Å². The summed E-state index contributed by atoms with van der Waals surface area (Å²) in [6.07, 6.45) is 3.00. The number of nitrogens with one attached hydrogen (secondary N) is 2. The molecule has 1 aromatic carbocycles. The van der Waals surface area contributed by atoms with Gasteiger partial charge >= 0.3 is 0 Å². The number of aryl methyl sites for hydroxylation is 1. The smallest absolute Gasteiger partial charge is 0.218 e. The van der Waals surface area contributed by atoms with E-state index in [9.17, 15) is 0 Å². The summed E-state index contributed by atoms with van der Waals surface area (Å²) in [5, 5.41) is 4.62. The van der Waals surface area contributed by atoms with Crippen LogP contribution in [-0.4, -0.2) is 28.1 Å². The number of aromatic nitrogens is 3. The van der Waals surface area contributed by atoms with Gasteiger partial charge in [-0.15, -0.1) is 0 Å². The minimum Gasteiger partial charge on any atom is -0.478 e. The first-order valence-corrected chi connectivity index (χ1v) is 7.53. The van der Waals surface area contributed by atoms with E-state index in [0.717, 1.165) is 18.8 Å². The van der Waals surface area contributed by atoms with Crippen molar-refractivity contribution in [1.29, 1.82) is 0 Å². The molecule has 0 amide bonds. The van der Waals surface area contributed by atoms with Crippen LogP contribution in [0.3, 0.4) is 0 Å². The van der Waals surface area contributed by atoms with Crippen molar-refractivity contribution in [2.75, 3.05) is 18.5 Å². The van der Waals surface area contributed by atoms with Gasteiger partial charge in [0.25, 0.3) is 0 Å². The van der Waals surface area contributed by atoms with Crippen LogP contribution < -0.4 is 10.1 Å². The molecule has 0 radical (unpaired) electrons. The molecule has 5 heteroatoms. The Morgan fingerprint density at radius 2 is 2.09 bits per heavy atom. The van der Waals surface area contributed by atoms with Crippen LogP contribution in [0.1, 0.15) is 18.3 Å². The van der Waals surface area contributed by atoms with E-state index in [2.05, 4.69) is 44.7 Å². The maximum atomic E-state index is 5.44. The van der Waals surface area contributed by atoms with Gasteiger partial charge < -0.3 is 15.0 Å². The van der Waals surface area contributed by atoms with Crippen LogP contribution in [0.5, 0.6) is 5.88 Å². The molecule has 0 atom stereocenters. The molecule has 114 valence electrons. The first-order valence-electron chi connectivity index (χ1n) is 7.53. The first-order chi connectivity index (χ1) is 10.8. The van der Waals surface area contributed by atoms with Gasteiger partial charge in [-0.05, 0) is 31.9 Å². The molecule has 0 saturated carbocycles. The normalized spacial score (nSPS) is 10.8. The Bertz CT molecular complexity index is 766. The van der Waals surface area contributed by atoms with E-state index < -0.39 is 0 Å². The van der Waals surface area contributed by atoms with Crippen molar-refractivity contribution in [3.63, 3.8) is 0 Å². The van der Waals surface area contributed by atoms with Crippen molar-refractivity contribution in [2.24, 2.45) is 0 Å². The third kappa shape index (κ3) is 3.19. The minimum absolute atomic E-state index is 0.602. The molecular formula is C17H20N4O. The molecule has 2 N–H and O–H groups in total. The van der Waals surface area contributed by atoms with Crippen molar-refractivity contribution in [1.82, 2.24) is 15.0 Å².